The molecule has 11 heteroatoms. The quantitative estimate of drug-likeness (QED) is 0.437. The fraction of sp³-hybridized carbons (Fsp3) is 0.360. The molecule has 0 bridgehead atoms. The number of benzene rings is 1. The number of carbonyl (C=O) groups excluding carboxylic acids is 2. The van der Waals surface area contributed by atoms with Crippen LogP contribution in [0.15, 0.2) is 41.1 Å². The number of hydrogen-bond acceptors (Lipinski definition) is 8. The highest BCUT2D eigenvalue weighted by Gasteiger charge is 2.28. The smallest absolute Gasteiger partial charge is 0.270 e. The van der Waals surface area contributed by atoms with Crippen LogP contribution >= 0.6 is 0 Å². The van der Waals surface area contributed by atoms with Crippen molar-refractivity contribution in [3.8, 4) is 17.1 Å². The van der Waals surface area contributed by atoms with E-state index < -0.39 is 5.91 Å². The summed E-state index contributed by atoms with van der Waals surface area (Å²) in [6.07, 6.45) is 2.90. The summed E-state index contributed by atoms with van der Waals surface area (Å²) in [5, 5.41) is 12.4. The van der Waals surface area contributed by atoms with E-state index in [0.29, 0.717) is 43.4 Å². The average molecular weight is 490 g/mol. The van der Waals surface area contributed by atoms with E-state index >= 15 is 0 Å². The summed E-state index contributed by atoms with van der Waals surface area (Å²) in [6, 6.07) is 9.19. The van der Waals surface area contributed by atoms with Gasteiger partial charge in [0.2, 0.25) is 17.6 Å². The summed E-state index contributed by atoms with van der Waals surface area (Å²) in [7, 11) is 3.43. The first-order valence-electron chi connectivity index (χ1n) is 11.8. The molecule has 3 aromatic heterocycles. The number of ether oxygens (including phenoxy) is 1. The number of rotatable bonds is 6. The van der Waals surface area contributed by atoms with Gasteiger partial charge in [-0.3, -0.25) is 19.3 Å². The van der Waals surface area contributed by atoms with Crippen molar-refractivity contribution in [2.45, 2.75) is 25.7 Å². The van der Waals surface area contributed by atoms with Crippen LogP contribution in [-0.2, 0) is 11.8 Å². The molecule has 2 amide bonds. The minimum atomic E-state index is -0.421. The van der Waals surface area contributed by atoms with Gasteiger partial charge in [0.25, 0.3) is 5.91 Å². The standard InChI is InChI=1S/C25H27N7O4/c1-15-19-5-4-17(12-21(19)31(2)29-15)23-28-25(36-30-23)16-7-10-32(11-8-16)22(33)14-27-24(34)20-13-18(35-3)6-9-26-20/h4-6,9,12-13,16H,7-8,10-11,14H2,1-3H3,(H,27,34). The number of aromatic nitrogens is 5. The van der Waals surface area contributed by atoms with Crippen LogP contribution < -0.4 is 10.1 Å². The number of nitrogens with zero attached hydrogens (tertiary/aromatic N) is 6. The minimum Gasteiger partial charge on any atom is -0.497 e. The van der Waals surface area contributed by atoms with E-state index in [9.17, 15) is 9.59 Å². The van der Waals surface area contributed by atoms with Crippen LogP contribution in [0.2, 0.25) is 0 Å². The van der Waals surface area contributed by atoms with E-state index in [1.54, 1.807) is 11.0 Å². The molecule has 0 atom stereocenters. The molecule has 1 aliphatic rings. The van der Waals surface area contributed by atoms with Gasteiger partial charge in [0.15, 0.2) is 0 Å². The number of nitrogens with one attached hydrogen (secondary N) is 1. The van der Waals surface area contributed by atoms with Crippen LogP contribution in [0.4, 0.5) is 0 Å². The Morgan fingerprint density at radius 2 is 2.00 bits per heavy atom. The highest BCUT2D eigenvalue weighted by Crippen LogP contribution is 2.30. The van der Waals surface area contributed by atoms with Crippen molar-refractivity contribution in [1.29, 1.82) is 0 Å². The Labute approximate surface area is 207 Å². The molecule has 4 aromatic rings. The fourth-order valence-electron chi connectivity index (χ4n) is 4.49. The number of likely N-dealkylation sites (tertiary alicyclic amines) is 1. The SMILES string of the molecule is COc1ccnc(C(=O)NCC(=O)N2CCC(c3nc(-c4ccc5c(C)nn(C)c5c4)no3)CC2)c1. The summed E-state index contributed by atoms with van der Waals surface area (Å²) in [6.45, 7) is 2.99. The van der Waals surface area contributed by atoms with E-state index in [-0.39, 0.29) is 24.1 Å². The first-order valence-corrected chi connectivity index (χ1v) is 11.8. The van der Waals surface area contributed by atoms with Crippen molar-refractivity contribution in [3.63, 3.8) is 0 Å². The largest absolute Gasteiger partial charge is 0.497 e. The molecule has 1 fully saturated rings. The Morgan fingerprint density at radius 3 is 2.78 bits per heavy atom. The number of carbonyl (C=O) groups is 2. The molecule has 5 rings (SSSR count). The van der Waals surface area contributed by atoms with Crippen molar-refractivity contribution < 1.29 is 18.8 Å². The fourth-order valence-corrected chi connectivity index (χ4v) is 4.49. The number of piperidine rings is 1. The van der Waals surface area contributed by atoms with Crippen molar-refractivity contribution in [2.75, 3.05) is 26.7 Å². The van der Waals surface area contributed by atoms with E-state index in [1.807, 2.05) is 36.9 Å². The van der Waals surface area contributed by atoms with Gasteiger partial charge in [-0.25, -0.2) is 0 Å². The Bertz CT molecular complexity index is 1420. The van der Waals surface area contributed by atoms with E-state index in [2.05, 4.69) is 25.5 Å². The van der Waals surface area contributed by atoms with E-state index in [0.717, 1.165) is 22.2 Å². The lowest BCUT2D eigenvalue weighted by Gasteiger charge is -2.30. The summed E-state index contributed by atoms with van der Waals surface area (Å²) in [5.41, 5.74) is 3.06. The Kier molecular flexibility index (Phi) is 6.36. The van der Waals surface area contributed by atoms with Crippen molar-refractivity contribution in [2.24, 2.45) is 7.05 Å². The molecule has 0 radical (unpaired) electrons. The molecule has 0 spiro atoms. The first kappa shape index (κ1) is 23.5. The van der Waals surface area contributed by atoms with E-state index in [1.165, 1.54) is 19.4 Å². The maximum absolute atomic E-state index is 12.6. The molecule has 36 heavy (non-hydrogen) atoms. The lowest BCUT2D eigenvalue weighted by molar-refractivity contribution is -0.131. The van der Waals surface area contributed by atoms with Crippen LogP contribution in [0.1, 0.15) is 40.8 Å². The second kappa shape index (κ2) is 9.76. The molecule has 1 aromatic carbocycles. The molecule has 0 aliphatic carbocycles. The maximum Gasteiger partial charge on any atom is 0.270 e. The lowest BCUT2D eigenvalue weighted by atomic mass is 9.96. The first-order chi connectivity index (χ1) is 17.4. The highest BCUT2D eigenvalue weighted by molar-refractivity contribution is 5.95. The summed E-state index contributed by atoms with van der Waals surface area (Å²) in [4.78, 5) is 35.4. The third kappa shape index (κ3) is 4.64. The third-order valence-corrected chi connectivity index (χ3v) is 6.53. The Morgan fingerprint density at radius 1 is 1.19 bits per heavy atom. The molecule has 1 saturated heterocycles. The van der Waals surface area contributed by atoms with Gasteiger partial charge in [-0.1, -0.05) is 17.3 Å². The topological polar surface area (TPSA) is 128 Å². The normalized spacial score (nSPS) is 14.2. The molecular weight excluding hydrogens is 462 g/mol. The Balaban J connectivity index is 1.16. The van der Waals surface area contributed by atoms with Gasteiger partial charge >= 0.3 is 0 Å². The molecule has 1 N–H and O–H groups in total. The number of amides is 2. The van der Waals surface area contributed by atoms with Crippen molar-refractivity contribution in [3.05, 3.63) is 53.8 Å². The van der Waals surface area contributed by atoms with Gasteiger partial charge in [0, 0.05) is 49.3 Å². The monoisotopic (exact) mass is 489 g/mol. The van der Waals surface area contributed by atoms with Crippen molar-refractivity contribution >= 4 is 22.7 Å². The lowest BCUT2D eigenvalue weighted by Crippen LogP contribution is -2.43. The molecular formula is C25H27N7O4. The van der Waals surface area contributed by atoms with Crippen molar-refractivity contribution in [1.82, 2.24) is 35.1 Å². The van der Waals surface area contributed by atoms with Gasteiger partial charge in [0.05, 0.1) is 24.9 Å². The van der Waals surface area contributed by atoms with E-state index in [4.69, 9.17) is 9.26 Å². The number of aryl methyl sites for hydroxylation is 2. The average Bonchev–Trinajstić information content (AvgIpc) is 3.51. The zero-order valence-corrected chi connectivity index (χ0v) is 20.4. The van der Waals surface area contributed by atoms with Crippen LogP contribution in [0, 0.1) is 6.92 Å². The summed E-state index contributed by atoms with van der Waals surface area (Å²) < 4.78 is 12.5. The van der Waals surface area contributed by atoms with Crippen LogP contribution in [0.3, 0.4) is 0 Å². The molecule has 4 heterocycles. The zero-order valence-electron chi connectivity index (χ0n) is 20.4. The predicted octanol–water partition coefficient (Wildman–Crippen LogP) is 2.47. The number of fused-ring (bicyclic) bond motifs is 1. The summed E-state index contributed by atoms with van der Waals surface area (Å²) in [5.74, 6) is 1.16. The molecule has 1 aliphatic heterocycles. The second-order valence-electron chi connectivity index (χ2n) is 8.82. The molecule has 11 nitrogen and oxygen atoms in total. The van der Waals surface area contributed by atoms with Crippen LogP contribution in [0.5, 0.6) is 5.75 Å². The number of methoxy groups -OCH3 is 1. The van der Waals surface area contributed by atoms with Crippen LogP contribution in [0.25, 0.3) is 22.3 Å². The zero-order chi connectivity index (χ0) is 25.2. The molecule has 186 valence electrons. The highest BCUT2D eigenvalue weighted by atomic mass is 16.5. The van der Waals surface area contributed by atoms with Crippen LogP contribution in [-0.4, -0.2) is 68.4 Å². The van der Waals surface area contributed by atoms with Gasteiger partial charge in [-0.05, 0) is 31.9 Å². The molecule has 0 saturated carbocycles. The third-order valence-electron chi connectivity index (χ3n) is 6.53. The minimum absolute atomic E-state index is 0.0774. The van der Waals surface area contributed by atoms with Gasteiger partial charge in [-0.2, -0.15) is 10.1 Å². The Hall–Kier alpha value is -4.28. The summed E-state index contributed by atoms with van der Waals surface area (Å²) >= 11 is 0. The van der Waals surface area contributed by atoms with Gasteiger partial charge < -0.3 is 19.5 Å². The van der Waals surface area contributed by atoms with Gasteiger partial charge in [-0.15, -0.1) is 0 Å². The van der Waals surface area contributed by atoms with Gasteiger partial charge in [0.1, 0.15) is 11.4 Å². The predicted molar refractivity (Wildman–Crippen MR) is 130 cm³/mol. The second-order valence-corrected chi connectivity index (χ2v) is 8.82. The number of pyridine rings is 1. The maximum atomic E-state index is 12.6. The molecule has 0 unspecified atom stereocenters. The number of hydrogen-bond donors (Lipinski definition) is 1.